The van der Waals surface area contributed by atoms with E-state index in [1.807, 2.05) is 18.2 Å². The SMILES string of the molecule is CCCCCCCCCc1ccc(Oc2ccc3ccc(Oc4ccc(CCCCCCCCC)cc4)c4c5c(Oc6ccc(CCCCCCCCC)cc6)ccc6ccc(Oc7ccc(CCCCCCCCC)cc7)c(c2c34)c65)cc1.c1ccc2c(c1)CN=N2. The van der Waals surface area contributed by atoms with Crippen LogP contribution in [0.3, 0.4) is 0 Å². The fourth-order valence-corrected chi connectivity index (χ4v) is 13.6. The zero-order chi connectivity index (χ0) is 64.1. The molecule has 0 N–H and O–H groups in total. The first kappa shape index (κ1) is 68.2. The maximum Gasteiger partial charge on any atom is 0.136 e. The normalized spacial score (nSPS) is 11.9. The summed E-state index contributed by atoms with van der Waals surface area (Å²) in [7, 11) is 0. The van der Waals surface area contributed by atoms with Gasteiger partial charge in [0.2, 0.25) is 0 Å². The van der Waals surface area contributed by atoms with Gasteiger partial charge in [-0.15, -0.1) is 0 Å². The number of benzene rings is 10. The molecule has 6 heteroatoms. The summed E-state index contributed by atoms with van der Waals surface area (Å²) in [6.07, 6.45) is 40.9. The van der Waals surface area contributed by atoms with Crippen LogP contribution in [-0.2, 0) is 32.2 Å². The number of nitrogens with zero attached hydrogens (tertiary/aromatic N) is 2. The van der Waals surface area contributed by atoms with Crippen LogP contribution in [0, 0.1) is 0 Å². The van der Waals surface area contributed by atoms with Gasteiger partial charge in [0.1, 0.15) is 46.0 Å². The molecular formula is C87H106N2O4. The highest BCUT2D eigenvalue weighted by atomic mass is 16.5. The second-order valence-electron chi connectivity index (χ2n) is 26.4. The molecule has 93 heavy (non-hydrogen) atoms. The summed E-state index contributed by atoms with van der Waals surface area (Å²) >= 11 is 0. The van der Waals surface area contributed by atoms with E-state index in [0.717, 1.165) is 127 Å². The van der Waals surface area contributed by atoms with Crippen molar-refractivity contribution >= 4 is 48.8 Å². The Morgan fingerprint density at radius 2 is 0.516 bits per heavy atom. The van der Waals surface area contributed by atoms with Crippen LogP contribution in [0.4, 0.5) is 5.69 Å². The van der Waals surface area contributed by atoms with Gasteiger partial charge in [-0.1, -0.05) is 273 Å². The Labute approximate surface area is 558 Å². The zero-order valence-electron chi connectivity index (χ0n) is 57.0. The highest BCUT2D eigenvalue weighted by Gasteiger charge is 2.26. The first-order valence-electron chi connectivity index (χ1n) is 36.7. The molecule has 488 valence electrons. The summed E-state index contributed by atoms with van der Waals surface area (Å²) in [6.45, 7) is 9.91. The molecule has 0 unspecified atom stereocenters. The van der Waals surface area contributed by atoms with E-state index in [1.54, 1.807) is 0 Å². The highest BCUT2D eigenvalue weighted by Crippen LogP contribution is 2.54. The van der Waals surface area contributed by atoms with Crippen molar-refractivity contribution in [3.05, 3.63) is 198 Å². The second kappa shape index (κ2) is 37.3. The number of ether oxygens (including phenoxy) is 4. The first-order valence-corrected chi connectivity index (χ1v) is 36.7. The van der Waals surface area contributed by atoms with Gasteiger partial charge in [-0.3, -0.25) is 0 Å². The first-order chi connectivity index (χ1) is 46.0. The van der Waals surface area contributed by atoms with Gasteiger partial charge in [0.25, 0.3) is 0 Å². The largest absolute Gasteiger partial charge is 0.457 e. The summed E-state index contributed by atoms with van der Waals surface area (Å²) in [4.78, 5) is 0. The summed E-state index contributed by atoms with van der Waals surface area (Å²) < 4.78 is 28.7. The predicted octanol–water partition coefficient (Wildman–Crippen LogP) is 28.4. The number of unbranched alkanes of at least 4 members (excludes halogenated alkanes) is 24. The second-order valence-corrected chi connectivity index (χ2v) is 26.4. The Hall–Kier alpha value is -7.70. The number of aryl methyl sites for hydroxylation is 4. The molecule has 0 aromatic heterocycles. The maximum atomic E-state index is 7.18. The third kappa shape index (κ3) is 19.9. The van der Waals surface area contributed by atoms with E-state index in [9.17, 15) is 0 Å². The smallest absolute Gasteiger partial charge is 0.136 e. The van der Waals surface area contributed by atoms with Crippen LogP contribution in [0.2, 0.25) is 0 Å². The van der Waals surface area contributed by atoms with Crippen molar-refractivity contribution in [1.82, 2.24) is 0 Å². The summed E-state index contributed by atoms with van der Waals surface area (Å²) in [5.74, 6) is 6.32. The molecule has 0 fully saturated rings. The van der Waals surface area contributed by atoms with Gasteiger partial charge < -0.3 is 18.9 Å². The molecule has 0 bridgehead atoms. The number of rotatable bonds is 40. The van der Waals surface area contributed by atoms with Gasteiger partial charge in [0.15, 0.2) is 0 Å². The van der Waals surface area contributed by atoms with E-state index in [4.69, 9.17) is 18.9 Å². The van der Waals surface area contributed by atoms with Crippen LogP contribution in [0.1, 0.15) is 235 Å². The lowest BCUT2D eigenvalue weighted by Crippen LogP contribution is -1.97. The number of azo groups is 1. The number of hydrogen-bond donors (Lipinski definition) is 0. The molecule has 0 radical (unpaired) electrons. The molecular weight excluding hydrogens is 1140 g/mol. The summed E-state index contributed by atoms with van der Waals surface area (Å²) in [6, 6.07) is 60.7. The standard InChI is InChI=1S/C80H100O4.C7H6N2/c1-5-9-13-17-21-25-29-33-61-37-49-67(50-38-61)81-71-57-45-65-46-59-73(83-69-53-41-63(42-54-69)35-31-27-23-19-15-11-7-3)79-75(65)77(71)78-72(82-68-51-39-62(40-52-68)34-30-26-22-18-14-10-6-2)58-47-66-48-60-74(80(79)76(66)78)84-70-55-43-64(44-56-70)36-32-28-24-20-16-12-8-4;1-2-4-7-6(3-1)5-8-9-7/h37-60H,5-36H2,1-4H3;1-4H,5H2. The fraction of sp³-hybridized carbons (Fsp3) is 0.425. The number of fused-ring (bicyclic) bond motifs is 3. The Bertz CT molecular complexity index is 3390. The Balaban J connectivity index is 0.000000959. The molecule has 10 aromatic carbocycles. The quantitative estimate of drug-likeness (QED) is 0.0218. The Morgan fingerprint density at radius 3 is 0.785 bits per heavy atom. The van der Waals surface area contributed by atoms with Gasteiger partial charge >= 0.3 is 0 Å². The lowest BCUT2D eigenvalue weighted by molar-refractivity contribution is 0.482. The van der Waals surface area contributed by atoms with Crippen LogP contribution >= 0.6 is 0 Å². The van der Waals surface area contributed by atoms with Crippen molar-refractivity contribution < 1.29 is 18.9 Å². The molecule has 10 aromatic rings. The van der Waals surface area contributed by atoms with Crippen molar-refractivity contribution in [3.8, 4) is 46.0 Å². The van der Waals surface area contributed by atoms with Crippen LogP contribution in [0.25, 0.3) is 43.1 Å². The van der Waals surface area contributed by atoms with E-state index >= 15 is 0 Å². The number of hydrogen-bond acceptors (Lipinski definition) is 6. The molecule has 0 spiro atoms. The van der Waals surface area contributed by atoms with E-state index in [-0.39, 0.29) is 0 Å². The average Bonchev–Trinajstić information content (AvgIpc) is 1.66. The van der Waals surface area contributed by atoms with Crippen LogP contribution in [0.5, 0.6) is 46.0 Å². The van der Waals surface area contributed by atoms with Gasteiger partial charge in [-0.05, 0) is 163 Å². The lowest BCUT2D eigenvalue weighted by Gasteiger charge is -2.23. The minimum Gasteiger partial charge on any atom is -0.457 e. The van der Waals surface area contributed by atoms with E-state index < -0.39 is 0 Å². The average molecular weight is 1240 g/mol. The third-order valence-corrected chi connectivity index (χ3v) is 19.0. The predicted molar refractivity (Wildman–Crippen MR) is 395 cm³/mol. The van der Waals surface area contributed by atoms with Crippen molar-refractivity contribution in [2.45, 2.75) is 240 Å². The molecule has 1 heterocycles. The molecule has 0 aliphatic carbocycles. The minimum atomic E-state index is 0.760. The molecule has 11 rings (SSSR count). The zero-order valence-corrected chi connectivity index (χ0v) is 57.0. The fourth-order valence-electron chi connectivity index (χ4n) is 13.6. The van der Waals surface area contributed by atoms with Crippen molar-refractivity contribution in [1.29, 1.82) is 0 Å². The monoisotopic (exact) mass is 1240 g/mol. The van der Waals surface area contributed by atoms with Crippen molar-refractivity contribution in [2.24, 2.45) is 10.2 Å². The molecule has 0 amide bonds. The van der Waals surface area contributed by atoms with Gasteiger partial charge in [-0.25, -0.2) is 0 Å². The molecule has 0 saturated carbocycles. The van der Waals surface area contributed by atoms with Crippen molar-refractivity contribution in [3.63, 3.8) is 0 Å². The molecule has 1 aliphatic rings. The molecule has 1 aliphatic heterocycles. The topological polar surface area (TPSA) is 61.6 Å². The van der Waals surface area contributed by atoms with E-state index in [2.05, 4.69) is 190 Å². The van der Waals surface area contributed by atoms with Crippen LogP contribution in [0.15, 0.2) is 180 Å². The summed E-state index contributed by atoms with van der Waals surface area (Å²) in [5.41, 5.74) is 7.66. The van der Waals surface area contributed by atoms with Gasteiger partial charge in [0.05, 0.1) is 12.2 Å². The van der Waals surface area contributed by atoms with Crippen molar-refractivity contribution in [2.75, 3.05) is 0 Å². The Morgan fingerprint density at radius 1 is 0.258 bits per heavy atom. The third-order valence-electron chi connectivity index (χ3n) is 19.0. The summed E-state index contributed by atoms with van der Waals surface area (Å²) in [5, 5.41) is 16.0. The molecule has 0 saturated heterocycles. The van der Waals surface area contributed by atoms with Gasteiger partial charge in [-0.2, -0.15) is 10.2 Å². The van der Waals surface area contributed by atoms with Crippen LogP contribution in [-0.4, -0.2) is 0 Å². The highest BCUT2D eigenvalue weighted by molar-refractivity contribution is 6.37. The van der Waals surface area contributed by atoms with Gasteiger partial charge in [0, 0.05) is 37.9 Å². The van der Waals surface area contributed by atoms with Crippen LogP contribution < -0.4 is 18.9 Å². The Kier molecular flexibility index (Phi) is 27.3. The lowest BCUT2D eigenvalue weighted by atomic mass is 9.88. The minimum absolute atomic E-state index is 0.760. The molecule has 0 atom stereocenters. The maximum absolute atomic E-state index is 7.18. The van der Waals surface area contributed by atoms with E-state index in [1.165, 1.54) is 208 Å². The van der Waals surface area contributed by atoms with E-state index in [0.29, 0.717) is 0 Å². The molecule has 6 nitrogen and oxygen atoms in total.